The molecule has 3 aromatic rings. The zero-order valence-corrected chi connectivity index (χ0v) is 10.6. The standard InChI is InChI=1S/C14H15N5/c1-11(14-5-6-16-18-14)17-12-3-2-4-13(9-12)19-8-7-15-10-19/h2-11,17H,1H3,(H,16,18). The van der Waals surface area contributed by atoms with Gasteiger partial charge in [0.05, 0.1) is 18.1 Å². The Morgan fingerprint density at radius 1 is 1.26 bits per heavy atom. The molecule has 2 N–H and O–H groups in total. The fourth-order valence-corrected chi connectivity index (χ4v) is 2.00. The molecule has 1 atom stereocenters. The van der Waals surface area contributed by atoms with E-state index in [1.165, 1.54) is 0 Å². The number of nitrogens with one attached hydrogen (secondary N) is 2. The predicted molar refractivity (Wildman–Crippen MR) is 74.2 cm³/mol. The average molecular weight is 253 g/mol. The molecule has 1 aromatic carbocycles. The summed E-state index contributed by atoms with van der Waals surface area (Å²) in [6.07, 6.45) is 7.25. The molecular formula is C14H15N5. The highest BCUT2D eigenvalue weighted by Crippen LogP contribution is 2.19. The number of rotatable bonds is 4. The fourth-order valence-electron chi connectivity index (χ4n) is 2.00. The Labute approximate surface area is 111 Å². The largest absolute Gasteiger partial charge is 0.377 e. The number of imidazole rings is 1. The molecule has 0 saturated carbocycles. The Kier molecular flexibility index (Phi) is 3.02. The van der Waals surface area contributed by atoms with E-state index in [0.717, 1.165) is 17.1 Å². The normalized spacial score (nSPS) is 12.3. The first-order valence-corrected chi connectivity index (χ1v) is 6.17. The number of hydrogen-bond acceptors (Lipinski definition) is 3. The molecule has 0 aliphatic heterocycles. The van der Waals surface area contributed by atoms with Crippen molar-refractivity contribution in [1.82, 2.24) is 19.7 Å². The maximum absolute atomic E-state index is 4.06. The summed E-state index contributed by atoms with van der Waals surface area (Å²) in [7, 11) is 0. The van der Waals surface area contributed by atoms with Crippen LogP contribution in [-0.4, -0.2) is 19.7 Å². The molecule has 3 rings (SSSR count). The van der Waals surface area contributed by atoms with E-state index < -0.39 is 0 Å². The minimum Gasteiger partial charge on any atom is -0.377 e. The summed E-state index contributed by atoms with van der Waals surface area (Å²) in [5.41, 5.74) is 3.21. The molecule has 5 nitrogen and oxygen atoms in total. The summed E-state index contributed by atoms with van der Waals surface area (Å²) in [5, 5.41) is 10.4. The molecule has 0 fully saturated rings. The van der Waals surface area contributed by atoms with E-state index in [4.69, 9.17) is 0 Å². The van der Waals surface area contributed by atoms with Crippen molar-refractivity contribution < 1.29 is 0 Å². The van der Waals surface area contributed by atoms with Crippen LogP contribution >= 0.6 is 0 Å². The van der Waals surface area contributed by atoms with E-state index in [1.807, 2.05) is 35.0 Å². The Bertz CT molecular complexity index is 628. The Morgan fingerprint density at radius 3 is 2.95 bits per heavy atom. The smallest absolute Gasteiger partial charge is 0.0991 e. The molecule has 0 bridgehead atoms. The number of anilines is 1. The highest BCUT2D eigenvalue weighted by atomic mass is 15.1. The van der Waals surface area contributed by atoms with Crippen LogP contribution in [0, 0.1) is 0 Å². The minimum absolute atomic E-state index is 0.181. The van der Waals surface area contributed by atoms with Gasteiger partial charge in [-0.3, -0.25) is 5.10 Å². The number of benzene rings is 1. The molecule has 2 aromatic heterocycles. The van der Waals surface area contributed by atoms with Gasteiger partial charge < -0.3 is 9.88 Å². The van der Waals surface area contributed by atoms with Gasteiger partial charge in [0.1, 0.15) is 0 Å². The van der Waals surface area contributed by atoms with Crippen molar-refractivity contribution in [1.29, 1.82) is 0 Å². The molecular weight excluding hydrogens is 238 g/mol. The highest BCUT2D eigenvalue weighted by molar-refractivity contribution is 5.52. The molecule has 0 amide bonds. The molecule has 2 heterocycles. The van der Waals surface area contributed by atoms with Crippen molar-refractivity contribution in [2.45, 2.75) is 13.0 Å². The number of hydrogen-bond donors (Lipinski definition) is 2. The first-order chi connectivity index (χ1) is 9.33. The molecule has 0 radical (unpaired) electrons. The van der Waals surface area contributed by atoms with Crippen LogP contribution in [0.2, 0.25) is 0 Å². The monoisotopic (exact) mass is 253 g/mol. The van der Waals surface area contributed by atoms with Gasteiger partial charge in [-0.05, 0) is 31.2 Å². The van der Waals surface area contributed by atoms with Crippen LogP contribution < -0.4 is 5.32 Å². The summed E-state index contributed by atoms with van der Waals surface area (Å²) >= 11 is 0. The van der Waals surface area contributed by atoms with Crippen molar-refractivity contribution in [2.24, 2.45) is 0 Å². The van der Waals surface area contributed by atoms with E-state index in [0.29, 0.717) is 0 Å². The number of aromatic nitrogens is 4. The average Bonchev–Trinajstić information content (AvgIpc) is 3.13. The quantitative estimate of drug-likeness (QED) is 0.751. The lowest BCUT2D eigenvalue weighted by Crippen LogP contribution is -2.07. The van der Waals surface area contributed by atoms with Crippen molar-refractivity contribution in [3.8, 4) is 5.69 Å². The second-order valence-electron chi connectivity index (χ2n) is 4.40. The van der Waals surface area contributed by atoms with Gasteiger partial charge in [-0.2, -0.15) is 5.10 Å². The van der Waals surface area contributed by atoms with Crippen molar-refractivity contribution in [3.05, 3.63) is 60.9 Å². The highest BCUT2D eigenvalue weighted by Gasteiger charge is 2.06. The van der Waals surface area contributed by atoms with Gasteiger partial charge in [-0.1, -0.05) is 6.07 Å². The van der Waals surface area contributed by atoms with Crippen molar-refractivity contribution in [3.63, 3.8) is 0 Å². The maximum Gasteiger partial charge on any atom is 0.0991 e. The van der Waals surface area contributed by atoms with E-state index in [9.17, 15) is 0 Å². The van der Waals surface area contributed by atoms with Gasteiger partial charge in [0, 0.05) is 30.0 Å². The lowest BCUT2D eigenvalue weighted by Gasteiger charge is -2.14. The first kappa shape index (κ1) is 11.5. The molecule has 0 aliphatic carbocycles. The Morgan fingerprint density at radius 2 is 2.21 bits per heavy atom. The van der Waals surface area contributed by atoms with Crippen LogP contribution in [0.5, 0.6) is 0 Å². The van der Waals surface area contributed by atoms with Gasteiger partial charge >= 0.3 is 0 Å². The number of H-pyrrole nitrogens is 1. The van der Waals surface area contributed by atoms with Crippen LogP contribution in [0.15, 0.2) is 55.2 Å². The molecule has 1 unspecified atom stereocenters. The van der Waals surface area contributed by atoms with Crippen LogP contribution in [0.25, 0.3) is 5.69 Å². The minimum atomic E-state index is 0.181. The van der Waals surface area contributed by atoms with Gasteiger partial charge in [0.2, 0.25) is 0 Å². The predicted octanol–water partition coefficient (Wildman–Crippen LogP) is 2.77. The van der Waals surface area contributed by atoms with Gasteiger partial charge in [0.15, 0.2) is 0 Å². The zero-order chi connectivity index (χ0) is 13.1. The molecule has 96 valence electrons. The third kappa shape index (κ3) is 2.49. The lowest BCUT2D eigenvalue weighted by atomic mass is 10.2. The first-order valence-electron chi connectivity index (χ1n) is 6.17. The van der Waals surface area contributed by atoms with E-state index >= 15 is 0 Å². The zero-order valence-electron chi connectivity index (χ0n) is 10.6. The van der Waals surface area contributed by atoms with E-state index in [-0.39, 0.29) is 6.04 Å². The maximum atomic E-state index is 4.06. The third-order valence-electron chi connectivity index (χ3n) is 3.02. The SMILES string of the molecule is CC(Nc1cccc(-n2ccnc2)c1)c1ccn[nH]1. The molecule has 0 saturated heterocycles. The third-order valence-corrected chi connectivity index (χ3v) is 3.02. The summed E-state index contributed by atoms with van der Waals surface area (Å²) in [6.45, 7) is 2.09. The summed E-state index contributed by atoms with van der Waals surface area (Å²) in [6, 6.07) is 10.4. The van der Waals surface area contributed by atoms with Crippen molar-refractivity contribution in [2.75, 3.05) is 5.32 Å². The van der Waals surface area contributed by atoms with E-state index in [2.05, 4.69) is 33.5 Å². The Hall–Kier alpha value is -2.56. The second kappa shape index (κ2) is 4.97. The van der Waals surface area contributed by atoms with Crippen LogP contribution in [0.3, 0.4) is 0 Å². The second-order valence-corrected chi connectivity index (χ2v) is 4.40. The summed E-state index contributed by atoms with van der Waals surface area (Å²) in [4.78, 5) is 4.06. The van der Waals surface area contributed by atoms with Gasteiger partial charge in [0.25, 0.3) is 0 Å². The number of nitrogens with zero attached hydrogens (tertiary/aromatic N) is 3. The Balaban J connectivity index is 1.80. The summed E-state index contributed by atoms with van der Waals surface area (Å²) < 4.78 is 1.98. The van der Waals surface area contributed by atoms with Crippen molar-refractivity contribution >= 4 is 5.69 Å². The summed E-state index contributed by atoms with van der Waals surface area (Å²) in [5.74, 6) is 0. The van der Waals surface area contributed by atoms with Gasteiger partial charge in [-0.25, -0.2) is 4.98 Å². The van der Waals surface area contributed by atoms with Crippen LogP contribution in [-0.2, 0) is 0 Å². The lowest BCUT2D eigenvalue weighted by molar-refractivity contribution is 0.825. The van der Waals surface area contributed by atoms with Crippen LogP contribution in [0.1, 0.15) is 18.7 Å². The van der Waals surface area contributed by atoms with Crippen LogP contribution in [0.4, 0.5) is 5.69 Å². The fraction of sp³-hybridized carbons (Fsp3) is 0.143. The number of aromatic amines is 1. The topological polar surface area (TPSA) is 58.5 Å². The molecule has 5 heteroatoms. The van der Waals surface area contributed by atoms with E-state index in [1.54, 1.807) is 18.7 Å². The molecule has 0 aliphatic rings. The molecule has 19 heavy (non-hydrogen) atoms. The van der Waals surface area contributed by atoms with Gasteiger partial charge in [-0.15, -0.1) is 0 Å². The molecule has 0 spiro atoms.